The van der Waals surface area contributed by atoms with E-state index in [0.717, 1.165) is 23.9 Å². The summed E-state index contributed by atoms with van der Waals surface area (Å²) in [5, 5.41) is 4.26. The minimum atomic E-state index is -0.313. The zero-order valence-corrected chi connectivity index (χ0v) is 14.8. The van der Waals surface area contributed by atoms with Crippen molar-refractivity contribution in [1.29, 1.82) is 0 Å². The van der Waals surface area contributed by atoms with Gasteiger partial charge in [0.1, 0.15) is 15.5 Å². The molecule has 0 unspecified atom stereocenters. The predicted octanol–water partition coefficient (Wildman–Crippen LogP) is 4.29. The summed E-state index contributed by atoms with van der Waals surface area (Å²) in [5.41, 5.74) is 0.837. The fraction of sp³-hybridized carbons (Fsp3) is 0.533. The van der Waals surface area contributed by atoms with Gasteiger partial charge in [-0.2, -0.15) is 0 Å². The van der Waals surface area contributed by atoms with Gasteiger partial charge < -0.3 is 10.1 Å². The molecule has 5 nitrogen and oxygen atoms in total. The lowest BCUT2D eigenvalue weighted by Crippen LogP contribution is -2.09. The molecule has 0 amide bonds. The van der Waals surface area contributed by atoms with E-state index in [1.54, 1.807) is 0 Å². The number of carbonyl (C=O) groups excluding carboxylic acids is 1. The summed E-state index contributed by atoms with van der Waals surface area (Å²) in [6.07, 6.45) is 0.968. The van der Waals surface area contributed by atoms with E-state index in [2.05, 4.69) is 22.2 Å². The molecule has 1 N–H and O–H groups in total. The Kier molecular flexibility index (Phi) is 5.58. The Morgan fingerprint density at radius 2 is 2.14 bits per heavy atom. The molecule has 0 saturated carbocycles. The smallest absolute Gasteiger partial charge is 0.348 e. The maximum absolute atomic E-state index is 12.2. The van der Waals surface area contributed by atoms with Crippen molar-refractivity contribution >= 4 is 44.9 Å². The summed E-state index contributed by atoms with van der Waals surface area (Å²) in [4.78, 5) is 22.0. The molecule has 0 fully saturated rings. The lowest BCUT2D eigenvalue weighted by atomic mass is 10.2. The lowest BCUT2D eigenvalue weighted by molar-refractivity contribution is 0.0464. The molecule has 120 valence electrons. The van der Waals surface area contributed by atoms with Crippen LogP contribution in [-0.2, 0) is 4.74 Å². The van der Waals surface area contributed by atoms with Crippen molar-refractivity contribution in [3.8, 4) is 0 Å². The molecule has 7 heteroatoms. The average Bonchev–Trinajstić information content (AvgIpc) is 2.79. The number of fused-ring (bicyclic) bond motifs is 1. The minimum absolute atomic E-state index is 0.175. The zero-order chi connectivity index (χ0) is 16.3. The molecule has 2 heterocycles. The standard InChI is InChI=1S/C15H20ClN3O2S/c1-5-6-17-12-10-9(4)11(14(20)21-7-8(2)3)22-13(10)19-15(16)18-12/h8H,5-7H2,1-4H3,(H,17,18,19). The molecule has 0 aromatic carbocycles. The number of nitrogens with one attached hydrogen (secondary N) is 1. The number of rotatable bonds is 6. The molecule has 0 aliphatic rings. The van der Waals surface area contributed by atoms with Gasteiger partial charge in [0, 0.05) is 6.54 Å². The van der Waals surface area contributed by atoms with Crippen LogP contribution >= 0.6 is 22.9 Å². The second-order valence-electron chi connectivity index (χ2n) is 5.50. The normalized spacial score (nSPS) is 11.2. The van der Waals surface area contributed by atoms with Gasteiger partial charge in [0.25, 0.3) is 0 Å². The highest BCUT2D eigenvalue weighted by Crippen LogP contribution is 2.35. The Balaban J connectivity index is 2.41. The van der Waals surface area contributed by atoms with Gasteiger partial charge in [0.2, 0.25) is 5.28 Å². The summed E-state index contributed by atoms with van der Waals surface area (Å²) >= 11 is 7.27. The van der Waals surface area contributed by atoms with E-state index in [0.29, 0.717) is 28.1 Å². The second-order valence-corrected chi connectivity index (χ2v) is 6.83. The fourth-order valence-corrected chi connectivity index (χ4v) is 3.28. The molecule has 0 aliphatic heterocycles. The van der Waals surface area contributed by atoms with E-state index in [1.807, 2.05) is 20.8 Å². The number of thiophene rings is 1. The molecule has 0 spiro atoms. The van der Waals surface area contributed by atoms with Crippen molar-refractivity contribution in [3.63, 3.8) is 0 Å². The number of anilines is 1. The predicted molar refractivity (Wildman–Crippen MR) is 91.1 cm³/mol. The average molecular weight is 342 g/mol. The Morgan fingerprint density at radius 3 is 2.77 bits per heavy atom. The van der Waals surface area contributed by atoms with E-state index in [-0.39, 0.29) is 11.3 Å². The number of aromatic nitrogens is 2. The number of hydrogen-bond acceptors (Lipinski definition) is 6. The van der Waals surface area contributed by atoms with Gasteiger partial charge in [0.15, 0.2) is 0 Å². The Labute approximate surface area is 139 Å². The van der Waals surface area contributed by atoms with Gasteiger partial charge in [-0.05, 0) is 36.4 Å². The number of carbonyl (C=O) groups is 1. The van der Waals surface area contributed by atoms with Crippen LogP contribution in [-0.4, -0.2) is 29.1 Å². The monoisotopic (exact) mass is 341 g/mol. The number of halogens is 1. The highest BCUT2D eigenvalue weighted by molar-refractivity contribution is 7.20. The molecule has 2 aromatic rings. The number of esters is 1. The highest BCUT2D eigenvalue weighted by Gasteiger charge is 2.21. The summed E-state index contributed by atoms with van der Waals surface area (Å²) < 4.78 is 5.32. The number of aryl methyl sites for hydroxylation is 1. The molecule has 0 saturated heterocycles. The quantitative estimate of drug-likeness (QED) is 0.627. The Hall–Kier alpha value is -1.40. The van der Waals surface area contributed by atoms with Crippen LogP contribution in [0.2, 0.25) is 5.28 Å². The van der Waals surface area contributed by atoms with Crippen LogP contribution in [0.4, 0.5) is 5.82 Å². The molecule has 0 atom stereocenters. The summed E-state index contributed by atoms with van der Waals surface area (Å²) in [6.45, 7) is 9.15. The lowest BCUT2D eigenvalue weighted by Gasteiger charge is -2.07. The van der Waals surface area contributed by atoms with E-state index in [4.69, 9.17) is 16.3 Å². The first-order chi connectivity index (χ1) is 10.4. The highest BCUT2D eigenvalue weighted by atomic mass is 35.5. The third-order valence-corrected chi connectivity index (χ3v) is 4.37. The van der Waals surface area contributed by atoms with E-state index in [1.165, 1.54) is 11.3 Å². The maximum Gasteiger partial charge on any atom is 0.348 e. The van der Waals surface area contributed by atoms with Crippen LogP contribution in [0.1, 0.15) is 42.4 Å². The van der Waals surface area contributed by atoms with Crippen LogP contribution in [0.15, 0.2) is 0 Å². The number of ether oxygens (including phenoxy) is 1. The molecular formula is C15H20ClN3O2S. The van der Waals surface area contributed by atoms with E-state index in [9.17, 15) is 4.79 Å². The largest absolute Gasteiger partial charge is 0.461 e. The van der Waals surface area contributed by atoms with Crippen LogP contribution in [0, 0.1) is 12.8 Å². The van der Waals surface area contributed by atoms with Crippen molar-refractivity contribution in [2.75, 3.05) is 18.5 Å². The van der Waals surface area contributed by atoms with Crippen LogP contribution < -0.4 is 5.32 Å². The first-order valence-electron chi connectivity index (χ1n) is 7.31. The molecule has 0 radical (unpaired) electrons. The van der Waals surface area contributed by atoms with Crippen molar-refractivity contribution in [1.82, 2.24) is 9.97 Å². The molecule has 2 aromatic heterocycles. The van der Waals surface area contributed by atoms with Gasteiger partial charge in [-0.25, -0.2) is 14.8 Å². The van der Waals surface area contributed by atoms with Crippen LogP contribution in [0.3, 0.4) is 0 Å². The Morgan fingerprint density at radius 1 is 1.41 bits per heavy atom. The molecule has 0 bridgehead atoms. The van der Waals surface area contributed by atoms with E-state index < -0.39 is 0 Å². The minimum Gasteiger partial charge on any atom is -0.461 e. The topological polar surface area (TPSA) is 64.1 Å². The molecular weight excluding hydrogens is 322 g/mol. The summed E-state index contributed by atoms with van der Waals surface area (Å²) in [6, 6.07) is 0. The molecule has 2 rings (SSSR count). The number of nitrogens with zero attached hydrogens (tertiary/aromatic N) is 2. The second kappa shape index (κ2) is 7.24. The van der Waals surface area contributed by atoms with Crippen LogP contribution in [0.5, 0.6) is 0 Å². The van der Waals surface area contributed by atoms with Crippen molar-refractivity contribution in [2.45, 2.75) is 34.1 Å². The van der Waals surface area contributed by atoms with Crippen molar-refractivity contribution < 1.29 is 9.53 Å². The first kappa shape index (κ1) is 17.0. The third-order valence-electron chi connectivity index (χ3n) is 3.04. The SMILES string of the molecule is CCCNc1nc(Cl)nc2sc(C(=O)OCC(C)C)c(C)c12. The van der Waals surface area contributed by atoms with Crippen LogP contribution in [0.25, 0.3) is 10.2 Å². The number of hydrogen-bond donors (Lipinski definition) is 1. The summed E-state index contributed by atoms with van der Waals surface area (Å²) in [7, 11) is 0. The zero-order valence-electron chi connectivity index (χ0n) is 13.2. The third kappa shape index (κ3) is 3.67. The van der Waals surface area contributed by atoms with Gasteiger partial charge in [-0.3, -0.25) is 0 Å². The molecule has 22 heavy (non-hydrogen) atoms. The first-order valence-corrected chi connectivity index (χ1v) is 8.51. The maximum atomic E-state index is 12.2. The van der Waals surface area contributed by atoms with Crippen molar-refractivity contribution in [3.05, 3.63) is 15.7 Å². The van der Waals surface area contributed by atoms with Gasteiger partial charge in [-0.15, -0.1) is 11.3 Å². The summed E-state index contributed by atoms with van der Waals surface area (Å²) in [5.74, 6) is 0.662. The molecule has 0 aliphatic carbocycles. The van der Waals surface area contributed by atoms with Gasteiger partial charge in [0.05, 0.1) is 12.0 Å². The van der Waals surface area contributed by atoms with Gasteiger partial charge >= 0.3 is 5.97 Å². The van der Waals surface area contributed by atoms with Gasteiger partial charge in [-0.1, -0.05) is 20.8 Å². The fourth-order valence-electron chi connectivity index (χ4n) is 1.99. The van der Waals surface area contributed by atoms with E-state index >= 15 is 0 Å². The Bertz CT molecular complexity index is 685. The van der Waals surface area contributed by atoms with Crippen molar-refractivity contribution in [2.24, 2.45) is 5.92 Å².